The predicted molar refractivity (Wildman–Crippen MR) is 128 cm³/mol. The van der Waals surface area contributed by atoms with Crippen LogP contribution in [0.3, 0.4) is 0 Å². The summed E-state index contributed by atoms with van der Waals surface area (Å²) in [5.74, 6) is 0.932. The molecule has 1 unspecified atom stereocenters. The number of nitrogens with one attached hydrogen (secondary N) is 3. The lowest BCUT2D eigenvalue weighted by Gasteiger charge is -2.41. The van der Waals surface area contributed by atoms with Crippen LogP contribution >= 0.6 is 24.0 Å². The zero-order valence-corrected chi connectivity index (χ0v) is 19.7. The van der Waals surface area contributed by atoms with E-state index in [0.29, 0.717) is 12.1 Å². The minimum absolute atomic E-state index is 0. The number of aliphatic imine (C=N–C) groups is 1. The van der Waals surface area contributed by atoms with E-state index < -0.39 is 0 Å². The zero-order valence-electron chi connectivity index (χ0n) is 17.4. The monoisotopic (exact) mass is 500 g/mol. The van der Waals surface area contributed by atoms with Crippen molar-refractivity contribution < 1.29 is 4.74 Å². The zero-order chi connectivity index (χ0) is 19.0. The lowest BCUT2D eigenvalue weighted by molar-refractivity contribution is 0.0354. The number of halogens is 1. The minimum Gasteiger partial charge on any atom is -0.381 e. The van der Waals surface area contributed by atoms with Crippen molar-refractivity contribution in [2.45, 2.75) is 69.5 Å². The van der Waals surface area contributed by atoms with E-state index in [1.54, 1.807) is 0 Å². The molecule has 158 valence electrons. The van der Waals surface area contributed by atoms with E-state index in [1.807, 2.05) is 7.05 Å². The molecule has 1 heterocycles. The summed E-state index contributed by atoms with van der Waals surface area (Å²) in [5, 5.41) is 11.1. The number of ether oxygens (including phenoxy) is 1. The van der Waals surface area contributed by atoms with Crippen LogP contribution in [-0.2, 0) is 4.74 Å². The number of guanidine groups is 1. The van der Waals surface area contributed by atoms with Gasteiger partial charge < -0.3 is 20.7 Å². The third-order valence-electron chi connectivity index (χ3n) is 6.04. The maximum atomic E-state index is 5.65. The van der Waals surface area contributed by atoms with Crippen LogP contribution in [0.25, 0.3) is 0 Å². The number of hydrogen-bond acceptors (Lipinski definition) is 3. The van der Waals surface area contributed by atoms with Crippen molar-refractivity contribution >= 4 is 29.9 Å². The van der Waals surface area contributed by atoms with E-state index in [1.165, 1.54) is 37.7 Å². The molecule has 5 nitrogen and oxygen atoms in total. The molecule has 6 heteroatoms. The van der Waals surface area contributed by atoms with Gasteiger partial charge in [0.05, 0.1) is 0 Å². The van der Waals surface area contributed by atoms with Crippen molar-refractivity contribution in [1.29, 1.82) is 0 Å². The molecule has 0 bridgehead atoms. The van der Waals surface area contributed by atoms with Gasteiger partial charge in [-0.3, -0.25) is 4.99 Å². The molecule has 1 aliphatic carbocycles. The Kier molecular flexibility index (Phi) is 10.0. The van der Waals surface area contributed by atoms with E-state index in [-0.39, 0.29) is 29.5 Å². The number of nitrogens with zero attached hydrogens (tertiary/aromatic N) is 1. The molecule has 28 heavy (non-hydrogen) atoms. The number of rotatable bonds is 6. The third kappa shape index (κ3) is 6.88. The van der Waals surface area contributed by atoms with Crippen LogP contribution in [0.1, 0.15) is 63.5 Å². The molecular weight excluding hydrogens is 463 g/mol. The Balaban J connectivity index is 0.00000280. The van der Waals surface area contributed by atoms with Crippen molar-refractivity contribution in [3.05, 3.63) is 35.9 Å². The van der Waals surface area contributed by atoms with E-state index in [2.05, 4.69) is 58.2 Å². The van der Waals surface area contributed by atoms with Crippen molar-refractivity contribution in [1.82, 2.24) is 16.0 Å². The second-order valence-electron chi connectivity index (χ2n) is 8.07. The molecular formula is C22H37IN4O. The standard InChI is InChI=1S/C22H36N4O.HI/c1-18(19-9-5-3-6-10-19)26-22(13-15-27-16-14-22)17-24-21(23-2)25-20-11-7-4-8-12-20;/h3,5-6,9-10,18,20,26H,4,7-8,11-17H2,1-2H3,(H2,23,24,25);1H. The van der Waals surface area contributed by atoms with Gasteiger partial charge in [-0.05, 0) is 38.2 Å². The highest BCUT2D eigenvalue weighted by molar-refractivity contribution is 14.0. The second kappa shape index (κ2) is 12.0. The maximum absolute atomic E-state index is 5.65. The van der Waals surface area contributed by atoms with Crippen LogP contribution in [0.4, 0.5) is 0 Å². The topological polar surface area (TPSA) is 57.7 Å². The molecule has 1 saturated carbocycles. The van der Waals surface area contributed by atoms with Gasteiger partial charge in [0, 0.05) is 44.4 Å². The van der Waals surface area contributed by atoms with Gasteiger partial charge in [-0.2, -0.15) is 0 Å². The van der Waals surface area contributed by atoms with Gasteiger partial charge in [-0.15, -0.1) is 24.0 Å². The van der Waals surface area contributed by atoms with Crippen molar-refractivity contribution in [2.75, 3.05) is 26.8 Å². The van der Waals surface area contributed by atoms with Gasteiger partial charge in [0.25, 0.3) is 0 Å². The summed E-state index contributed by atoms with van der Waals surface area (Å²) in [6.07, 6.45) is 8.55. The first-order chi connectivity index (χ1) is 13.2. The molecule has 2 fully saturated rings. The van der Waals surface area contributed by atoms with Gasteiger partial charge in [-0.1, -0.05) is 49.6 Å². The van der Waals surface area contributed by atoms with E-state index in [4.69, 9.17) is 4.74 Å². The molecule has 0 amide bonds. The van der Waals surface area contributed by atoms with Gasteiger partial charge in [0.15, 0.2) is 5.96 Å². The lowest BCUT2D eigenvalue weighted by atomic mass is 9.88. The Hall–Kier alpha value is -0.860. The highest BCUT2D eigenvalue weighted by atomic mass is 127. The summed E-state index contributed by atoms with van der Waals surface area (Å²) < 4.78 is 5.65. The summed E-state index contributed by atoms with van der Waals surface area (Å²) in [7, 11) is 1.87. The molecule has 3 rings (SSSR count). The van der Waals surface area contributed by atoms with Crippen LogP contribution < -0.4 is 16.0 Å². The van der Waals surface area contributed by atoms with Gasteiger partial charge >= 0.3 is 0 Å². The Morgan fingerprint density at radius 3 is 2.46 bits per heavy atom. The first-order valence-corrected chi connectivity index (χ1v) is 10.6. The average molecular weight is 500 g/mol. The highest BCUT2D eigenvalue weighted by Gasteiger charge is 2.34. The smallest absolute Gasteiger partial charge is 0.191 e. The summed E-state index contributed by atoms with van der Waals surface area (Å²) in [4.78, 5) is 4.47. The van der Waals surface area contributed by atoms with Crippen LogP contribution in [0.15, 0.2) is 35.3 Å². The normalized spacial score (nSPS) is 21.4. The van der Waals surface area contributed by atoms with E-state index in [0.717, 1.165) is 38.6 Å². The van der Waals surface area contributed by atoms with Crippen molar-refractivity contribution in [3.8, 4) is 0 Å². The molecule has 0 aromatic heterocycles. The quantitative estimate of drug-likeness (QED) is 0.314. The first-order valence-electron chi connectivity index (χ1n) is 10.6. The lowest BCUT2D eigenvalue weighted by Crippen LogP contribution is -2.58. The minimum atomic E-state index is 0. The summed E-state index contributed by atoms with van der Waals surface area (Å²) in [6, 6.07) is 11.6. The summed E-state index contributed by atoms with van der Waals surface area (Å²) in [6.45, 7) is 4.73. The SMILES string of the molecule is CN=C(NCC1(NC(C)c2ccccc2)CCOCC1)NC1CCCCC1.I. The maximum Gasteiger partial charge on any atom is 0.191 e. The van der Waals surface area contributed by atoms with Crippen LogP contribution in [0.2, 0.25) is 0 Å². The predicted octanol–water partition coefficient (Wildman–Crippen LogP) is 4.00. The van der Waals surface area contributed by atoms with E-state index in [9.17, 15) is 0 Å². The van der Waals surface area contributed by atoms with Crippen molar-refractivity contribution in [3.63, 3.8) is 0 Å². The van der Waals surface area contributed by atoms with Crippen molar-refractivity contribution in [2.24, 2.45) is 4.99 Å². The van der Waals surface area contributed by atoms with Crippen LogP contribution in [0, 0.1) is 0 Å². The molecule has 0 radical (unpaired) electrons. The molecule has 1 saturated heterocycles. The molecule has 1 aliphatic heterocycles. The molecule has 1 atom stereocenters. The van der Waals surface area contributed by atoms with Gasteiger partial charge in [0.2, 0.25) is 0 Å². The van der Waals surface area contributed by atoms with E-state index >= 15 is 0 Å². The van der Waals surface area contributed by atoms with Crippen LogP contribution in [0.5, 0.6) is 0 Å². The second-order valence-corrected chi connectivity index (χ2v) is 8.07. The van der Waals surface area contributed by atoms with Gasteiger partial charge in [0.1, 0.15) is 0 Å². The number of benzene rings is 1. The molecule has 2 aliphatic rings. The Bertz CT molecular complexity index is 583. The van der Waals surface area contributed by atoms with Gasteiger partial charge in [-0.25, -0.2) is 0 Å². The Morgan fingerprint density at radius 2 is 1.82 bits per heavy atom. The highest BCUT2D eigenvalue weighted by Crippen LogP contribution is 2.25. The summed E-state index contributed by atoms with van der Waals surface area (Å²) in [5.41, 5.74) is 1.35. The fourth-order valence-electron chi connectivity index (χ4n) is 4.31. The fraction of sp³-hybridized carbons (Fsp3) is 0.682. The van der Waals surface area contributed by atoms with Crippen LogP contribution in [-0.4, -0.2) is 44.3 Å². The first kappa shape index (κ1) is 23.4. The number of hydrogen-bond donors (Lipinski definition) is 3. The molecule has 3 N–H and O–H groups in total. The molecule has 1 aromatic carbocycles. The Morgan fingerprint density at radius 1 is 1.14 bits per heavy atom. The Labute approximate surface area is 187 Å². The average Bonchev–Trinajstić information content (AvgIpc) is 2.73. The molecule has 1 aromatic rings. The third-order valence-corrected chi connectivity index (χ3v) is 6.04. The fourth-order valence-corrected chi connectivity index (χ4v) is 4.31. The summed E-state index contributed by atoms with van der Waals surface area (Å²) >= 11 is 0. The largest absolute Gasteiger partial charge is 0.381 e. The molecule has 0 spiro atoms.